The zero-order valence-corrected chi connectivity index (χ0v) is 14.1. The van der Waals surface area contributed by atoms with Gasteiger partial charge in [0.2, 0.25) is 0 Å². The first-order chi connectivity index (χ1) is 13.0. The number of phenolic OH excluding ortho intramolecular Hbond substituents is 2. The number of rotatable bonds is 3. The summed E-state index contributed by atoms with van der Waals surface area (Å²) in [5.74, 6) is 0.814. The number of benzene rings is 3. The van der Waals surface area contributed by atoms with E-state index in [4.69, 9.17) is 4.74 Å². The van der Waals surface area contributed by atoms with Gasteiger partial charge in [0.25, 0.3) is 5.69 Å². The molecular weight excluding hydrogens is 346 g/mol. The maximum Gasteiger partial charge on any atom is 0.269 e. The zero-order chi connectivity index (χ0) is 19.0. The number of hydrogen-bond acceptors (Lipinski definition) is 5. The van der Waals surface area contributed by atoms with Gasteiger partial charge in [-0.15, -0.1) is 0 Å². The summed E-state index contributed by atoms with van der Waals surface area (Å²) in [7, 11) is 0. The second kappa shape index (κ2) is 6.49. The molecular formula is C21H15NO5. The molecule has 0 atom stereocenters. The van der Waals surface area contributed by atoms with E-state index >= 15 is 0 Å². The summed E-state index contributed by atoms with van der Waals surface area (Å²) in [6.45, 7) is 0.271. The highest BCUT2D eigenvalue weighted by atomic mass is 16.6. The molecule has 0 aromatic heterocycles. The largest absolute Gasteiger partial charge is 0.508 e. The molecule has 0 saturated heterocycles. The van der Waals surface area contributed by atoms with Gasteiger partial charge in [-0.1, -0.05) is 12.1 Å². The van der Waals surface area contributed by atoms with E-state index in [-0.39, 0.29) is 23.8 Å². The molecule has 3 aromatic carbocycles. The fraction of sp³-hybridized carbons (Fsp3) is 0.0476. The third-order valence-electron chi connectivity index (χ3n) is 4.49. The number of phenols is 2. The number of hydrogen-bond donors (Lipinski definition) is 2. The Balaban J connectivity index is 1.94. The van der Waals surface area contributed by atoms with Crippen molar-refractivity contribution in [2.75, 3.05) is 6.61 Å². The molecule has 1 heterocycles. The third kappa shape index (κ3) is 3.08. The van der Waals surface area contributed by atoms with Gasteiger partial charge in [0.1, 0.15) is 23.9 Å². The van der Waals surface area contributed by atoms with Crippen molar-refractivity contribution in [1.82, 2.24) is 0 Å². The second-order valence-corrected chi connectivity index (χ2v) is 6.17. The molecule has 134 valence electrons. The number of nitrogens with zero attached hydrogens (tertiary/aromatic N) is 1. The van der Waals surface area contributed by atoms with Crippen molar-refractivity contribution in [2.24, 2.45) is 0 Å². The minimum Gasteiger partial charge on any atom is -0.508 e. The smallest absolute Gasteiger partial charge is 0.269 e. The number of nitro groups is 1. The van der Waals surface area contributed by atoms with E-state index in [9.17, 15) is 20.3 Å². The van der Waals surface area contributed by atoms with Crippen LogP contribution in [-0.4, -0.2) is 21.7 Å². The van der Waals surface area contributed by atoms with Crippen molar-refractivity contribution in [3.05, 3.63) is 93.5 Å². The van der Waals surface area contributed by atoms with Gasteiger partial charge in [0, 0.05) is 29.3 Å². The molecule has 6 heteroatoms. The number of ether oxygens (including phenoxy) is 1. The fourth-order valence-corrected chi connectivity index (χ4v) is 3.19. The van der Waals surface area contributed by atoms with Crippen LogP contribution < -0.4 is 4.74 Å². The Bertz CT molecular complexity index is 1050. The Labute approximate surface area is 154 Å². The number of non-ortho nitro benzene ring substituents is 1. The van der Waals surface area contributed by atoms with Crippen LogP contribution in [0.25, 0.3) is 11.1 Å². The quantitative estimate of drug-likeness (QED) is 0.534. The molecule has 4 rings (SSSR count). The Hall–Kier alpha value is -3.80. The van der Waals surface area contributed by atoms with E-state index < -0.39 is 4.92 Å². The molecule has 2 N–H and O–H groups in total. The molecule has 3 aromatic rings. The van der Waals surface area contributed by atoms with Gasteiger partial charge in [-0.3, -0.25) is 10.1 Å². The maximum absolute atomic E-state index is 11.0. The number of nitro benzene ring substituents is 1. The molecule has 0 fully saturated rings. The van der Waals surface area contributed by atoms with Gasteiger partial charge >= 0.3 is 0 Å². The third-order valence-corrected chi connectivity index (χ3v) is 4.49. The van der Waals surface area contributed by atoms with Crippen molar-refractivity contribution in [3.8, 4) is 17.2 Å². The lowest BCUT2D eigenvalue weighted by Gasteiger charge is -2.25. The van der Waals surface area contributed by atoms with Crippen LogP contribution in [0.15, 0.2) is 66.7 Å². The topological polar surface area (TPSA) is 92.8 Å². The van der Waals surface area contributed by atoms with E-state index in [0.717, 1.165) is 27.8 Å². The van der Waals surface area contributed by atoms with Gasteiger partial charge in [-0.25, -0.2) is 0 Å². The zero-order valence-electron chi connectivity index (χ0n) is 14.1. The standard InChI is InChI=1S/C21H15NO5/c23-16-7-3-13(4-8-16)19-12-27-20-11-17(24)9-10-18(20)21(19)14-1-5-15(6-2-14)22(25)26/h1-11,23-24H,12H2. The summed E-state index contributed by atoms with van der Waals surface area (Å²) < 4.78 is 5.83. The molecule has 0 unspecified atom stereocenters. The molecule has 0 bridgehead atoms. The monoisotopic (exact) mass is 361 g/mol. The average molecular weight is 361 g/mol. The average Bonchev–Trinajstić information content (AvgIpc) is 2.68. The van der Waals surface area contributed by atoms with Gasteiger partial charge in [-0.05, 0) is 53.1 Å². The molecule has 0 radical (unpaired) electrons. The van der Waals surface area contributed by atoms with E-state index in [2.05, 4.69) is 0 Å². The second-order valence-electron chi connectivity index (χ2n) is 6.17. The Morgan fingerprint density at radius 3 is 2.15 bits per heavy atom. The summed E-state index contributed by atoms with van der Waals surface area (Å²) in [6, 6.07) is 18.0. The van der Waals surface area contributed by atoms with Crippen LogP contribution in [0.4, 0.5) is 5.69 Å². The van der Waals surface area contributed by atoms with E-state index in [1.807, 2.05) is 0 Å². The predicted octanol–water partition coefficient (Wildman–Crippen LogP) is 4.36. The van der Waals surface area contributed by atoms with Crippen molar-refractivity contribution in [2.45, 2.75) is 0 Å². The number of aromatic hydroxyl groups is 2. The van der Waals surface area contributed by atoms with Crippen LogP contribution in [0, 0.1) is 10.1 Å². The lowest BCUT2D eigenvalue weighted by Crippen LogP contribution is -2.11. The van der Waals surface area contributed by atoms with Crippen LogP contribution in [-0.2, 0) is 0 Å². The Morgan fingerprint density at radius 2 is 1.48 bits per heavy atom. The lowest BCUT2D eigenvalue weighted by molar-refractivity contribution is -0.384. The summed E-state index contributed by atoms with van der Waals surface area (Å²) in [4.78, 5) is 10.5. The van der Waals surface area contributed by atoms with Crippen molar-refractivity contribution >= 4 is 16.8 Å². The molecule has 0 spiro atoms. The van der Waals surface area contributed by atoms with Crippen molar-refractivity contribution in [3.63, 3.8) is 0 Å². The molecule has 27 heavy (non-hydrogen) atoms. The molecule has 1 aliphatic rings. The van der Waals surface area contributed by atoms with E-state index in [0.29, 0.717) is 5.75 Å². The van der Waals surface area contributed by atoms with Crippen LogP contribution in [0.5, 0.6) is 17.2 Å². The van der Waals surface area contributed by atoms with Crippen molar-refractivity contribution in [1.29, 1.82) is 0 Å². The van der Waals surface area contributed by atoms with Gasteiger partial charge in [0.15, 0.2) is 0 Å². The SMILES string of the molecule is O=[N+]([O-])c1ccc(C2=C(c3ccc(O)cc3)COc3cc(O)ccc32)cc1. The summed E-state index contributed by atoms with van der Waals surface area (Å²) in [5, 5.41) is 30.3. The fourth-order valence-electron chi connectivity index (χ4n) is 3.19. The van der Waals surface area contributed by atoms with Gasteiger partial charge in [-0.2, -0.15) is 0 Å². The minimum absolute atomic E-state index is 0.0172. The van der Waals surface area contributed by atoms with Gasteiger partial charge in [0.05, 0.1) is 4.92 Å². The van der Waals surface area contributed by atoms with Crippen LogP contribution in [0.2, 0.25) is 0 Å². The lowest BCUT2D eigenvalue weighted by atomic mass is 9.87. The Kier molecular flexibility index (Phi) is 4.01. The first-order valence-corrected chi connectivity index (χ1v) is 8.26. The summed E-state index contributed by atoms with van der Waals surface area (Å²) in [6.07, 6.45) is 0. The van der Waals surface area contributed by atoms with Crippen LogP contribution in [0.1, 0.15) is 16.7 Å². The number of fused-ring (bicyclic) bond motifs is 1. The first kappa shape index (κ1) is 16.7. The molecule has 0 saturated carbocycles. The minimum atomic E-state index is -0.436. The van der Waals surface area contributed by atoms with E-state index in [1.54, 1.807) is 54.6 Å². The molecule has 0 amide bonds. The molecule has 0 aliphatic carbocycles. The highest BCUT2D eigenvalue weighted by Gasteiger charge is 2.23. The van der Waals surface area contributed by atoms with Crippen molar-refractivity contribution < 1.29 is 19.9 Å². The van der Waals surface area contributed by atoms with Crippen LogP contribution >= 0.6 is 0 Å². The van der Waals surface area contributed by atoms with Gasteiger partial charge < -0.3 is 14.9 Å². The summed E-state index contributed by atoms with van der Waals surface area (Å²) in [5.41, 5.74) is 4.25. The predicted molar refractivity (Wildman–Crippen MR) is 101 cm³/mol. The van der Waals surface area contributed by atoms with Crippen LogP contribution in [0.3, 0.4) is 0 Å². The Morgan fingerprint density at radius 1 is 0.852 bits per heavy atom. The highest BCUT2D eigenvalue weighted by Crippen LogP contribution is 2.42. The normalized spacial score (nSPS) is 13.0. The molecule has 6 nitrogen and oxygen atoms in total. The molecule has 1 aliphatic heterocycles. The summed E-state index contributed by atoms with van der Waals surface area (Å²) >= 11 is 0. The van der Waals surface area contributed by atoms with E-state index in [1.165, 1.54) is 12.1 Å². The highest BCUT2D eigenvalue weighted by molar-refractivity contribution is 6.01. The first-order valence-electron chi connectivity index (χ1n) is 8.26. The maximum atomic E-state index is 11.0.